The third-order valence-corrected chi connectivity index (χ3v) is 6.84. The molecule has 2 fully saturated rings. The number of amides is 1. The number of fused-ring (bicyclic) bond motifs is 2. The lowest BCUT2D eigenvalue weighted by atomic mass is 9.95. The van der Waals surface area contributed by atoms with E-state index in [0.717, 1.165) is 41.2 Å². The molecular weight excluding hydrogens is 372 g/mol. The van der Waals surface area contributed by atoms with Crippen molar-refractivity contribution in [3.05, 3.63) is 24.3 Å². The molecule has 1 heterocycles. The second-order valence-corrected chi connectivity index (χ2v) is 8.56. The summed E-state index contributed by atoms with van der Waals surface area (Å²) in [5.74, 6) is 3.59. The SMILES string of the molecule is CCOc1ccccc1-c1nnc(SCC(=O)N[C@H]2C[C@@H]3CC[C@H]2C3)n1CC. The molecule has 150 valence electrons. The van der Waals surface area contributed by atoms with Crippen LogP contribution in [-0.2, 0) is 11.3 Å². The van der Waals surface area contributed by atoms with Gasteiger partial charge in [0.25, 0.3) is 0 Å². The van der Waals surface area contributed by atoms with Gasteiger partial charge in [0.05, 0.1) is 17.9 Å². The van der Waals surface area contributed by atoms with Crippen LogP contribution in [0.5, 0.6) is 5.75 Å². The van der Waals surface area contributed by atoms with Gasteiger partial charge >= 0.3 is 0 Å². The van der Waals surface area contributed by atoms with Gasteiger partial charge in [0.15, 0.2) is 11.0 Å². The molecule has 0 spiro atoms. The number of thioether (sulfide) groups is 1. The van der Waals surface area contributed by atoms with E-state index in [9.17, 15) is 4.79 Å². The Bertz CT molecular complexity index is 838. The van der Waals surface area contributed by atoms with Crippen LogP contribution in [0.3, 0.4) is 0 Å². The molecule has 0 saturated heterocycles. The third-order valence-electron chi connectivity index (χ3n) is 5.88. The Hall–Kier alpha value is -2.02. The highest BCUT2D eigenvalue weighted by Crippen LogP contribution is 2.44. The number of para-hydroxylation sites is 1. The Balaban J connectivity index is 1.42. The summed E-state index contributed by atoms with van der Waals surface area (Å²) >= 11 is 1.45. The summed E-state index contributed by atoms with van der Waals surface area (Å²) in [6, 6.07) is 8.25. The first-order valence-corrected chi connectivity index (χ1v) is 11.3. The minimum Gasteiger partial charge on any atom is -0.493 e. The van der Waals surface area contributed by atoms with Crippen molar-refractivity contribution in [2.75, 3.05) is 12.4 Å². The van der Waals surface area contributed by atoms with Crippen molar-refractivity contribution in [3.63, 3.8) is 0 Å². The van der Waals surface area contributed by atoms with Crippen LogP contribution in [0.25, 0.3) is 11.4 Å². The van der Waals surface area contributed by atoms with Crippen molar-refractivity contribution in [2.24, 2.45) is 11.8 Å². The summed E-state index contributed by atoms with van der Waals surface area (Å²) in [6.07, 6.45) is 5.07. The lowest BCUT2D eigenvalue weighted by molar-refractivity contribution is -0.119. The molecule has 28 heavy (non-hydrogen) atoms. The zero-order valence-corrected chi connectivity index (χ0v) is 17.4. The van der Waals surface area contributed by atoms with E-state index in [-0.39, 0.29) is 5.91 Å². The van der Waals surface area contributed by atoms with Gasteiger partial charge in [-0.2, -0.15) is 0 Å². The van der Waals surface area contributed by atoms with Gasteiger partial charge in [0, 0.05) is 12.6 Å². The fourth-order valence-electron chi connectivity index (χ4n) is 4.61. The Morgan fingerprint density at radius 1 is 1.25 bits per heavy atom. The largest absolute Gasteiger partial charge is 0.493 e. The summed E-state index contributed by atoms with van der Waals surface area (Å²) in [6.45, 7) is 5.37. The first kappa shape index (κ1) is 19.3. The maximum Gasteiger partial charge on any atom is 0.230 e. The monoisotopic (exact) mass is 400 g/mol. The van der Waals surface area contributed by atoms with Gasteiger partial charge in [-0.15, -0.1) is 10.2 Å². The number of carbonyl (C=O) groups excluding carboxylic acids is 1. The van der Waals surface area contributed by atoms with Gasteiger partial charge < -0.3 is 14.6 Å². The first-order chi connectivity index (χ1) is 13.7. The van der Waals surface area contributed by atoms with Crippen LogP contribution in [0.1, 0.15) is 39.5 Å². The highest BCUT2D eigenvalue weighted by molar-refractivity contribution is 7.99. The van der Waals surface area contributed by atoms with Crippen LogP contribution in [0.15, 0.2) is 29.4 Å². The number of aromatic nitrogens is 3. The van der Waals surface area contributed by atoms with Crippen molar-refractivity contribution in [1.82, 2.24) is 20.1 Å². The Morgan fingerprint density at radius 3 is 2.82 bits per heavy atom. The van der Waals surface area contributed by atoms with Crippen molar-refractivity contribution in [1.29, 1.82) is 0 Å². The summed E-state index contributed by atoms with van der Waals surface area (Å²) < 4.78 is 7.79. The van der Waals surface area contributed by atoms with Crippen LogP contribution >= 0.6 is 11.8 Å². The van der Waals surface area contributed by atoms with E-state index < -0.39 is 0 Å². The quantitative estimate of drug-likeness (QED) is 0.683. The number of rotatable bonds is 8. The molecule has 2 aliphatic rings. The molecular formula is C21H28N4O2S. The molecule has 2 aliphatic carbocycles. The second kappa shape index (κ2) is 8.55. The van der Waals surface area contributed by atoms with E-state index in [1.54, 1.807) is 0 Å². The predicted molar refractivity (Wildman–Crippen MR) is 110 cm³/mol. The van der Waals surface area contributed by atoms with E-state index >= 15 is 0 Å². The van der Waals surface area contributed by atoms with E-state index in [4.69, 9.17) is 4.74 Å². The molecule has 6 nitrogen and oxygen atoms in total. The van der Waals surface area contributed by atoms with Gasteiger partial charge in [-0.05, 0) is 57.1 Å². The van der Waals surface area contributed by atoms with Crippen molar-refractivity contribution in [2.45, 2.75) is 57.3 Å². The van der Waals surface area contributed by atoms with E-state index in [2.05, 4.69) is 22.4 Å². The van der Waals surface area contributed by atoms with Crippen LogP contribution in [-0.4, -0.2) is 39.1 Å². The lowest BCUT2D eigenvalue weighted by Crippen LogP contribution is -2.39. The fourth-order valence-corrected chi connectivity index (χ4v) is 5.43. The van der Waals surface area contributed by atoms with Gasteiger partial charge in [-0.25, -0.2) is 0 Å². The molecule has 3 atom stereocenters. The Kier molecular flexibility index (Phi) is 5.90. The number of carbonyl (C=O) groups is 1. The molecule has 0 aliphatic heterocycles. The zero-order chi connectivity index (χ0) is 19.5. The molecule has 1 aromatic heterocycles. The zero-order valence-electron chi connectivity index (χ0n) is 16.6. The van der Waals surface area contributed by atoms with Gasteiger partial charge in [-0.1, -0.05) is 30.3 Å². The smallest absolute Gasteiger partial charge is 0.230 e. The Morgan fingerprint density at radius 2 is 2.11 bits per heavy atom. The van der Waals surface area contributed by atoms with E-state index in [1.807, 2.05) is 35.8 Å². The number of nitrogens with zero attached hydrogens (tertiary/aromatic N) is 3. The average molecular weight is 401 g/mol. The van der Waals surface area contributed by atoms with Crippen molar-refractivity contribution < 1.29 is 9.53 Å². The number of hydrogen-bond acceptors (Lipinski definition) is 5. The maximum atomic E-state index is 12.5. The minimum absolute atomic E-state index is 0.101. The summed E-state index contributed by atoms with van der Waals surface area (Å²) in [5, 5.41) is 12.8. The summed E-state index contributed by atoms with van der Waals surface area (Å²) in [7, 11) is 0. The standard InChI is InChI=1S/C21H28N4O2S/c1-3-25-20(16-7-5-6-8-18(16)27-4-2)23-24-21(25)28-13-19(26)22-17-12-14-9-10-15(17)11-14/h5-8,14-15,17H,3-4,9-13H2,1-2H3,(H,22,26)/t14-,15+,17+/m1/s1. The molecule has 1 aromatic carbocycles. The average Bonchev–Trinajstić information content (AvgIpc) is 3.42. The number of hydrogen-bond donors (Lipinski definition) is 1. The topological polar surface area (TPSA) is 69.0 Å². The van der Waals surface area contributed by atoms with Crippen molar-refractivity contribution in [3.8, 4) is 17.1 Å². The number of benzene rings is 1. The minimum atomic E-state index is 0.101. The molecule has 2 bridgehead atoms. The maximum absolute atomic E-state index is 12.5. The lowest BCUT2D eigenvalue weighted by Gasteiger charge is -2.22. The number of nitrogens with one attached hydrogen (secondary N) is 1. The fraction of sp³-hybridized carbons (Fsp3) is 0.571. The van der Waals surface area contributed by atoms with Crippen molar-refractivity contribution >= 4 is 17.7 Å². The van der Waals surface area contributed by atoms with E-state index in [0.29, 0.717) is 24.3 Å². The van der Waals surface area contributed by atoms with Gasteiger partial charge in [0.1, 0.15) is 5.75 Å². The molecule has 2 saturated carbocycles. The van der Waals surface area contributed by atoms with Crippen LogP contribution in [0.2, 0.25) is 0 Å². The highest BCUT2D eigenvalue weighted by Gasteiger charge is 2.40. The van der Waals surface area contributed by atoms with E-state index in [1.165, 1.54) is 31.0 Å². The predicted octanol–water partition coefficient (Wildman–Crippen LogP) is 3.76. The summed E-state index contributed by atoms with van der Waals surface area (Å²) in [5.41, 5.74) is 0.928. The normalized spacial score (nSPS) is 23.1. The molecule has 1 N–H and O–H groups in total. The van der Waals surface area contributed by atoms with Gasteiger partial charge in [0.2, 0.25) is 5.91 Å². The molecule has 4 rings (SSSR count). The molecule has 0 unspecified atom stereocenters. The Labute approximate surface area is 170 Å². The highest BCUT2D eigenvalue weighted by atomic mass is 32.2. The van der Waals surface area contributed by atoms with Crippen LogP contribution < -0.4 is 10.1 Å². The van der Waals surface area contributed by atoms with Crippen LogP contribution in [0.4, 0.5) is 0 Å². The molecule has 7 heteroatoms. The first-order valence-electron chi connectivity index (χ1n) is 10.3. The molecule has 2 aromatic rings. The van der Waals surface area contributed by atoms with Crippen LogP contribution in [0, 0.1) is 11.8 Å². The second-order valence-electron chi connectivity index (χ2n) is 7.62. The number of ether oxygens (including phenoxy) is 1. The molecule has 1 amide bonds. The summed E-state index contributed by atoms with van der Waals surface area (Å²) in [4.78, 5) is 12.5. The molecule has 0 radical (unpaired) electrons. The van der Waals surface area contributed by atoms with Gasteiger partial charge in [-0.3, -0.25) is 4.79 Å². The third kappa shape index (κ3) is 3.90.